The Bertz CT molecular complexity index is 1240. The number of carbonyl (C=O) groups excluding carboxylic acids is 2. The number of thioether (sulfide) groups is 2. The molecule has 2 aliphatic rings. The molecule has 36 heavy (non-hydrogen) atoms. The van der Waals surface area contributed by atoms with E-state index in [1.807, 2.05) is 0 Å². The molecule has 192 valence electrons. The summed E-state index contributed by atoms with van der Waals surface area (Å²) < 4.78 is 4.63. The van der Waals surface area contributed by atoms with Crippen molar-refractivity contribution in [2.45, 2.75) is 35.6 Å². The first kappa shape index (κ1) is 26.3. The lowest BCUT2D eigenvalue weighted by molar-refractivity contribution is -0.150. The Morgan fingerprint density at radius 1 is 1.42 bits per heavy atom. The SMILES string of the molecule is CCO/N=C(\C(=O)NC1C(=O)N2C(C(=O)O)=C(CSc3nnc(C(C)N)s3)CS[C@H]12)c1nsc(N)n1. The van der Waals surface area contributed by atoms with E-state index in [0.29, 0.717) is 26.4 Å². The first-order chi connectivity index (χ1) is 17.2. The van der Waals surface area contributed by atoms with Crippen LogP contribution in [0.4, 0.5) is 5.13 Å². The first-order valence-electron chi connectivity index (χ1n) is 10.4. The minimum Gasteiger partial charge on any atom is -0.477 e. The minimum atomic E-state index is -1.22. The van der Waals surface area contributed by atoms with Crippen molar-refractivity contribution in [3.05, 3.63) is 22.1 Å². The third-order valence-electron chi connectivity index (χ3n) is 4.87. The molecule has 2 aromatic heterocycles. The topological polar surface area (TPSA) is 212 Å². The third kappa shape index (κ3) is 5.31. The van der Waals surface area contributed by atoms with Gasteiger partial charge in [-0.3, -0.25) is 14.5 Å². The molecule has 14 nitrogen and oxygen atoms in total. The lowest BCUT2D eigenvalue weighted by atomic mass is 10.0. The van der Waals surface area contributed by atoms with E-state index in [4.69, 9.17) is 16.3 Å². The third-order valence-corrected chi connectivity index (χ3v) is 9.10. The zero-order chi connectivity index (χ0) is 26.0. The van der Waals surface area contributed by atoms with Crippen LogP contribution in [0.1, 0.15) is 30.7 Å². The fourth-order valence-electron chi connectivity index (χ4n) is 3.26. The largest absolute Gasteiger partial charge is 0.477 e. The van der Waals surface area contributed by atoms with E-state index in [-0.39, 0.29) is 35.0 Å². The molecule has 4 rings (SSSR count). The first-order valence-corrected chi connectivity index (χ1v) is 14.1. The number of aliphatic carboxylic acids is 1. The number of fused-ring (bicyclic) bond motifs is 1. The molecule has 0 bridgehead atoms. The van der Waals surface area contributed by atoms with Crippen molar-refractivity contribution in [3.8, 4) is 0 Å². The van der Waals surface area contributed by atoms with Crippen LogP contribution in [0.2, 0.25) is 0 Å². The van der Waals surface area contributed by atoms with E-state index in [1.54, 1.807) is 13.8 Å². The van der Waals surface area contributed by atoms with Gasteiger partial charge >= 0.3 is 5.97 Å². The van der Waals surface area contributed by atoms with Crippen molar-refractivity contribution in [2.24, 2.45) is 10.9 Å². The van der Waals surface area contributed by atoms with Crippen molar-refractivity contribution in [2.75, 3.05) is 23.8 Å². The zero-order valence-electron chi connectivity index (χ0n) is 18.9. The summed E-state index contributed by atoms with van der Waals surface area (Å²) >= 11 is 4.91. The minimum absolute atomic E-state index is 0.0299. The molecular formula is C18H21N9O5S4. The molecule has 4 heterocycles. The van der Waals surface area contributed by atoms with Gasteiger partial charge in [-0.25, -0.2) is 4.79 Å². The number of β-lactam (4-membered cyclic amide) rings is 1. The van der Waals surface area contributed by atoms with Crippen LogP contribution >= 0.6 is 46.4 Å². The van der Waals surface area contributed by atoms with Crippen molar-refractivity contribution in [1.82, 2.24) is 29.8 Å². The molecule has 1 saturated heterocycles. The number of oxime groups is 1. The van der Waals surface area contributed by atoms with Gasteiger partial charge in [0.15, 0.2) is 9.47 Å². The standard InChI is InChI=1S/C18H21N9O5S4/c1-3-32-25-8(11-22-17(20)36-26-11)12(28)21-9-14(29)27-10(16(30)31)7(4-33-15(9)27)5-34-18-24-23-13(35-18)6(2)19/h6,9,15H,3-5,19H2,1-2H3,(H,21,28)(H,30,31)(H2,20,22,26)/b25-8-/t6?,9?,15-/m1/s1. The summed E-state index contributed by atoms with van der Waals surface area (Å²) in [6.07, 6.45) is 0. The van der Waals surface area contributed by atoms with Crippen molar-refractivity contribution >= 4 is 75.0 Å². The summed E-state index contributed by atoms with van der Waals surface area (Å²) in [5.74, 6) is -1.85. The van der Waals surface area contributed by atoms with Crippen LogP contribution in [-0.4, -0.2) is 82.6 Å². The Labute approximate surface area is 221 Å². The van der Waals surface area contributed by atoms with Gasteiger partial charge in [0.05, 0.1) is 6.04 Å². The summed E-state index contributed by atoms with van der Waals surface area (Å²) in [7, 11) is 0. The number of carboxylic acids is 1. The van der Waals surface area contributed by atoms with Gasteiger partial charge in [0, 0.05) is 23.0 Å². The maximum Gasteiger partial charge on any atom is 0.352 e. The van der Waals surface area contributed by atoms with Crippen molar-refractivity contribution in [3.63, 3.8) is 0 Å². The van der Waals surface area contributed by atoms with Crippen LogP contribution in [0.25, 0.3) is 0 Å². The average Bonchev–Trinajstić information content (AvgIpc) is 3.50. The molecule has 2 aromatic rings. The van der Waals surface area contributed by atoms with Gasteiger partial charge in [0.25, 0.3) is 11.8 Å². The number of amides is 2. The number of nitrogens with zero attached hydrogens (tertiary/aromatic N) is 6. The number of carbonyl (C=O) groups is 3. The molecule has 1 fully saturated rings. The molecule has 0 aromatic carbocycles. The highest BCUT2D eigenvalue weighted by molar-refractivity contribution is 8.01. The van der Waals surface area contributed by atoms with Crippen molar-refractivity contribution in [1.29, 1.82) is 0 Å². The highest BCUT2D eigenvalue weighted by atomic mass is 32.2. The van der Waals surface area contributed by atoms with E-state index in [2.05, 4.69) is 30.0 Å². The molecule has 2 unspecified atom stereocenters. The Morgan fingerprint density at radius 2 is 2.19 bits per heavy atom. The number of nitrogens with one attached hydrogen (secondary N) is 1. The van der Waals surface area contributed by atoms with Gasteiger partial charge in [-0.2, -0.15) is 9.36 Å². The maximum absolute atomic E-state index is 13.0. The molecule has 3 atom stereocenters. The number of nitrogen functional groups attached to an aromatic ring is 1. The molecule has 0 spiro atoms. The number of anilines is 1. The predicted octanol–water partition coefficient (Wildman–Crippen LogP) is 0.263. The van der Waals surface area contributed by atoms with E-state index < -0.39 is 29.2 Å². The van der Waals surface area contributed by atoms with E-state index >= 15 is 0 Å². The van der Waals surface area contributed by atoms with Crippen molar-refractivity contribution < 1.29 is 24.3 Å². The fraction of sp³-hybridized carbons (Fsp3) is 0.444. The number of nitrogens with two attached hydrogens (primary N) is 2. The zero-order valence-corrected chi connectivity index (χ0v) is 22.2. The number of rotatable bonds is 10. The van der Waals surface area contributed by atoms with Crippen LogP contribution in [0.15, 0.2) is 20.8 Å². The second-order valence-corrected chi connectivity index (χ2v) is 11.5. The number of carboxylic acid groups (broad SMARTS) is 1. The van der Waals surface area contributed by atoms with E-state index in [0.717, 1.165) is 11.5 Å². The Hall–Kier alpha value is -2.80. The lowest BCUT2D eigenvalue weighted by Crippen LogP contribution is -2.71. The van der Waals surface area contributed by atoms with Gasteiger partial charge in [-0.15, -0.1) is 22.0 Å². The quantitative estimate of drug-likeness (QED) is 0.131. The summed E-state index contributed by atoms with van der Waals surface area (Å²) in [6, 6.07) is -1.20. The smallest absolute Gasteiger partial charge is 0.352 e. The molecule has 0 saturated carbocycles. The number of aromatic nitrogens is 4. The van der Waals surface area contributed by atoms with Crippen LogP contribution in [-0.2, 0) is 19.2 Å². The summed E-state index contributed by atoms with van der Waals surface area (Å²) in [5.41, 5.74) is 11.7. The van der Waals surface area contributed by atoms with Gasteiger partial charge in [-0.05, 0) is 19.4 Å². The fourth-order valence-corrected chi connectivity index (χ4v) is 7.00. The second-order valence-electron chi connectivity index (χ2n) is 7.42. The monoisotopic (exact) mass is 571 g/mol. The molecule has 2 amide bonds. The molecule has 0 radical (unpaired) electrons. The second kappa shape index (κ2) is 11.1. The molecule has 6 N–H and O–H groups in total. The molecular weight excluding hydrogens is 551 g/mol. The van der Waals surface area contributed by atoms with Gasteiger partial charge in [0.1, 0.15) is 28.7 Å². The molecule has 0 aliphatic carbocycles. The number of hydrogen-bond acceptors (Lipinski definition) is 15. The van der Waals surface area contributed by atoms with Gasteiger partial charge < -0.3 is 26.7 Å². The Balaban J connectivity index is 1.47. The Kier molecular flexibility index (Phi) is 8.08. The molecule has 18 heteroatoms. The van der Waals surface area contributed by atoms with E-state index in [1.165, 1.54) is 39.8 Å². The Morgan fingerprint density at radius 3 is 2.81 bits per heavy atom. The number of hydrogen-bond donors (Lipinski definition) is 4. The van der Waals surface area contributed by atoms with Gasteiger partial charge in [-0.1, -0.05) is 28.3 Å². The van der Waals surface area contributed by atoms with Crippen LogP contribution in [0.5, 0.6) is 0 Å². The van der Waals surface area contributed by atoms with Crippen LogP contribution in [0, 0.1) is 0 Å². The summed E-state index contributed by atoms with van der Waals surface area (Å²) in [4.78, 5) is 48.1. The van der Waals surface area contributed by atoms with E-state index in [9.17, 15) is 19.5 Å². The predicted molar refractivity (Wildman–Crippen MR) is 135 cm³/mol. The summed E-state index contributed by atoms with van der Waals surface area (Å²) in [6.45, 7) is 3.69. The molecule has 2 aliphatic heterocycles. The summed E-state index contributed by atoms with van der Waals surface area (Å²) in [5, 5.41) is 24.6. The van der Waals surface area contributed by atoms with Crippen LogP contribution in [0.3, 0.4) is 0 Å². The highest BCUT2D eigenvalue weighted by Gasteiger charge is 2.54. The average molecular weight is 572 g/mol. The lowest BCUT2D eigenvalue weighted by Gasteiger charge is -2.49. The van der Waals surface area contributed by atoms with Crippen LogP contribution < -0.4 is 16.8 Å². The highest BCUT2D eigenvalue weighted by Crippen LogP contribution is 2.42. The van der Waals surface area contributed by atoms with Gasteiger partial charge in [0.2, 0.25) is 11.5 Å². The maximum atomic E-state index is 13.0. The normalized spacial score (nSPS) is 20.6.